The van der Waals surface area contributed by atoms with Crippen molar-refractivity contribution < 1.29 is 38.2 Å². The van der Waals surface area contributed by atoms with Gasteiger partial charge in [-0.3, -0.25) is 48.4 Å². The maximum absolute atomic E-state index is 14.4. The normalized spacial score (nSPS) is 16.1. The molecule has 0 aliphatic carbocycles. The molecule has 2 amide bonds. The van der Waals surface area contributed by atoms with E-state index >= 15 is 0 Å². The largest absolute Gasteiger partial charge is 0.460 e. The molecular formula is C66H94N8O8. The summed E-state index contributed by atoms with van der Waals surface area (Å²) in [4.78, 5) is 93.3. The number of rotatable bonds is 29. The lowest BCUT2D eigenvalue weighted by molar-refractivity contribution is -0.158. The molecule has 16 nitrogen and oxygen atoms in total. The molecule has 2 aliphatic rings. The molecule has 2 aliphatic heterocycles. The van der Waals surface area contributed by atoms with Crippen molar-refractivity contribution in [2.75, 3.05) is 117 Å². The van der Waals surface area contributed by atoms with Crippen LogP contribution in [0.15, 0.2) is 97.1 Å². The van der Waals surface area contributed by atoms with E-state index in [2.05, 4.69) is 30.2 Å². The van der Waals surface area contributed by atoms with Gasteiger partial charge in [-0.1, -0.05) is 52.0 Å². The summed E-state index contributed by atoms with van der Waals surface area (Å²) in [5.74, 6) is -0.775. The van der Waals surface area contributed by atoms with E-state index in [9.17, 15) is 28.8 Å². The number of anilines is 2. The van der Waals surface area contributed by atoms with Crippen LogP contribution in [0.4, 0.5) is 11.4 Å². The third-order valence-corrected chi connectivity index (χ3v) is 17.3. The molecule has 6 rings (SSSR count). The summed E-state index contributed by atoms with van der Waals surface area (Å²) in [6, 6.07) is 30.5. The first-order valence-electron chi connectivity index (χ1n) is 29.7. The molecule has 4 aromatic carbocycles. The zero-order valence-corrected chi connectivity index (χ0v) is 51.3. The van der Waals surface area contributed by atoms with E-state index in [-0.39, 0.29) is 48.4 Å². The van der Waals surface area contributed by atoms with Gasteiger partial charge in [0.15, 0.2) is 11.6 Å². The van der Waals surface area contributed by atoms with Crippen molar-refractivity contribution >= 4 is 46.7 Å². The molecule has 2 N–H and O–H groups in total. The number of likely N-dealkylation sites (N-methyl/N-ethyl adjacent to an activating group) is 2. The Morgan fingerprint density at radius 1 is 0.439 bits per heavy atom. The highest BCUT2D eigenvalue weighted by atomic mass is 16.6. The summed E-state index contributed by atoms with van der Waals surface area (Å²) in [5.41, 5.74) is 3.72. The number of Topliss-reactive ketones (excluding diaryl/α,β-unsaturated/α-hetero) is 2. The van der Waals surface area contributed by atoms with E-state index < -0.39 is 22.3 Å². The average Bonchev–Trinajstić information content (AvgIpc) is 3.63. The number of carbonyl (C=O) groups is 6. The van der Waals surface area contributed by atoms with Crippen LogP contribution in [-0.2, 0) is 31.9 Å². The first-order valence-corrected chi connectivity index (χ1v) is 29.7. The van der Waals surface area contributed by atoms with E-state index in [1.165, 1.54) is 0 Å². The van der Waals surface area contributed by atoms with Crippen LogP contribution in [0.2, 0.25) is 0 Å². The van der Waals surface area contributed by atoms with E-state index in [1.807, 2.05) is 166 Å². The van der Waals surface area contributed by atoms with Gasteiger partial charge < -0.3 is 29.9 Å². The van der Waals surface area contributed by atoms with Gasteiger partial charge in [0.05, 0.1) is 23.9 Å². The predicted molar refractivity (Wildman–Crippen MR) is 327 cm³/mol. The Kier molecular flexibility index (Phi) is 23.0. The zero-order chi connectivity index (χ0) is 59.8. The average molecular weight is 1130 g/mol. The molecule has 2 fully saturated rings. The summed E-state index contributed by atoms with van der Waals surface area (Å²) >= 11 is 0. The highest BCUT2D eigenvalue weighted by Crippen LogP contribution is 2.32. The summed E-state index contributed by atoms with van der Waals surface area (Å²) in [5, 5.41) is 5.82. The fourth-order valence-electron chi connectivity index (χ4n) is 10.9. The Hall–Kier alpha value is -6.46. The summed E-state index contributed by atoms with van der Waals surface area (Å²) in [6.07, 6.45) is 4.39. The number of nitrogens with one attached hydrogen (secondary N) is 2. The fourth-order valence-corrected chi connectivity index (χ4v) is 10.9. The standard InChI is InChI=1S/C66H94N8O8/c1-13-63(5,6)81-57(75)33-37-71-39-43-73(44-40-71)55-29-25-51(26-30-55)59(77)65(15-3,69(9)10)47-49-17-21-53(22-18-49)61(79)67-35-36-68-62(80)54-23-19-50(20-24-54)48-66(16-4,70(11)12)60(78)52-27-31-56(32-28-52)74-45-41-72(42-46-74)38-34-58(76)82-64(7,8)14-2/h17-32H,13-16,33-48H2,1-12H3,(H,67,79)(H,68,80). The van der Waals surface area contributed by atoms with Crippen LogP contribution in [0.25, 0.3) is 0 Å². The second-order valence-corrected chi connectivity index (χ2v) is 23.9. The Bertz CT molecular complexity index is 2560. The lowest BCUT2D eigenvalue weighted by Crippen LogP contribution is -2.52. The van der Waals surface area contributed by atoms with Crippen molar-refractivity contribution in [3.05, 3.63) is 130 Å². The van der Waals surface area contributed by atoms with Gasteiger partial charge in [-0.05, 0) is 178 Å². The lowest BCUT2D eigenvalue weighted by Gasteiger charge is -2.38. The minimum Gasteiger partial charge on any atom is -0.460 e. The first-order chi connectivity index (χ1) is 39.0. The number of hydrogen-bond acceptors (Lipinski definition) is 14. The molecule has 82 heavy (non-hydrogen) atoms. The number of piperazine rings is 2. The maximum Gasteiger partial charge on any atom is 0.307 e. The van der Waals surface area contributed by atoms with Crippen LogP contribution in [0.3, 0.4) is 0 Å². The van der Waals surface area contributed by atoms with Gasteiger partial charge in [-0.25, -0.2) is 0 Å². The molecule has 0 aromatic heterocycles. The van der Waals surface area contributed by atoms with Crippen LogP contribution in [-0.4, -0.2) is 184 Å². The number of nitrogens with zero attached hydrogens (tertiary/aromatic N) is 6. The monoisotopic (exact) mass is 1130 g/mol. The third-order valence-electron chi connectivity index (χ3n) is 17.3. The van der Waals surface area contributed by atoms with Crippen LogP contribution >= 0.6 is 0 Å². The highest BCUT2D eigenvalue weighted by Gasteiger charge is 2.41. The SMILES string of the molecule is CCC(C)(C)OC(=O)CCN1CCN(c2ccc(C(=O)C(CC)(Cc3ccc(C(=O)NCCNC(=O)c4ccc(CC(CC)(C(=O)c5ccc(N6CCN(CCC(=O)OC(C)(C)CC)CC6)cc5)N(C)C)cc4)cc3)N(C)C)cc2)CC1. The lowest BCUT2D eigenvalue weighted by atomic mass is 9.80. The Balaban J connectivity index is 0.941. The zero-order valence-electron chi connectivity index (χ0n) is 51.3. The van der Waals surface area contributed by atoms with Gasteiger partial charge in [-0.2, -0.15) is 0 Å². The molecule has 16 heteroatoms. The van der Waals surface area contributed by atoms with E-state index in [0.29, 0.717) is 73.9 Å². The molecular weight excluding hydrogens is 1030 g/mol. The number of ketones is 2. The summed E-state index contributed by atoms with van der Waals surface area (Å²) in [6.45, 7) is 24.3. The van der Waals surface area contributed by atoms with E-state index in [0.717, 1.165) is 87.7 Å². The Morgan fingerprint density at radius 3 is 1.02 bits per heavy atom. The van der Waals surface area contributed by atoms with E-state index in [4.69, 9.17) is 9.47 Å². The molecule has 2 atom stereocenters. The van der Waals surface area contributed by atoms with Crippen molar-refractivity contribution in [2.24, 2.45) is 0 Å². The molecule has 0 spiro atoms. The molecule has 0 bridgehead atoms. The topological polar surface area (TPSA) is 164 Å². The van der Waals surface area contributed by atoms with Gasteiger partial charge >= 0.3 is 11.9 Å². The van der Waals surface area contributed by atoms with Crippen molar-refractivity contribution in [2.45, 2.75) is 129 Å². The quantitative estimate of drug-likeness (QED) is 0.0302. The van der Waals surface area contributed by atoms with Crippen molar-refractivity contribution in [1.29, 1.82) is 0 Å². The van der Waals surface area contributed by atoms with Gasteiger partial charge in [0.1, 0.15) is 11.2 Å². The first kappa shape index (κ1) is 64.7. The van der Waals surface area contributed by atoms with Crippen LogP contribution in [0.5, 0.6) is 0 Å². The van der Waals surface area contributed by atoms with Crippen LogP contribution in [0.1, 0.15) is 146 Å². The number of hydrogen-bond donors (Lipinski definition) is 2. The third kappa shape index (κ3) is 17.1. The molecule has 0 radical (unpaired) electrons. The molecule has 446 valence electrons. The molecule has 0 saturated carbocycles. The van der Waals surface area contributed by atoms with Crippen molar-refractivity contribution in [3.63, 3.8) is 0 Å². The minimum absolute atomic E-state index is 0.0376. The Morgan fingerprint density at radius 2 is 0.744 bits per heavy atom. The van der Waals surface area contributed by atoms with Crippen LogP contribution in [0, 0.1) is 0 Å². The van der Waals surface area contributed by atoms with Crippen LogP contribution < -0.4 is 20.4 Å². The summed E-state index contributed by atoms with van der Waals surface area (Å²) in [7, 11) is 7.75. The maximum atomic E-state index is 14.4. The number of ether oxygens (including phenoxy) is 2. The highest BCUT2D eigenvalue weighted by molar-refractivity contribution is 6.04. The van der Waals surface area contributed by atoms with Gasteiger partial charge in [0.2, 0.25) is 0 Å². The van der Waals surface area contributed by atoms with Gasteiger partial charge in [0, 0.05) is 112 Å². The van der Waals surface area contributed by atoms with Crippen molar-refractivity contribution in [3.8, 4) is 0 Å². The number of esters is 2. The summed E-state index contributed by atoms with van der Waals surface area (Å²) < 4.78 is 11.2. The molecule has 2 heterocycles. The predicted octanol–water partition coefficient (Wildman–Crippen LogP) is 8.61. The van der Waals surface area contributed by atoms with E-state index in [1.54, 1.807) is 24.3 Å². The van der Waals surface area contributed by atoms with Gasteiger partial charge in [0.25, 0.3) is 11.8 Å². The van der Waals surface area contributed by atoms with Gasteiger partial charge in [-0.15, -0.1) is 0 Å². The van der Waals surface area contributed by atoms with Crippen molar-refractivity contribution in [1.82, 2.24) is 30.2 Å². The Labute approximate surface area is 489 Å². The second kappa shape index (κ2) is 29.2. The molecule has 2 saturated heterocycles. The molecule has 2 unspecified atom stereocenters. The molecule has 4 aromatic rings. The number of carbonyl (C=O) groups excluding carboxylic acids is 6. The fraction of sp³-hybridized carbons (Fsp3) is 0.545. The second-order valence-electron chi connectivity index (χ2n) is 23.9. The number of amides is 2. The smallest absolute Gasteiger partial charge is 0.307 e. The number of benzene rings is 4. The minimum atomic E-state index is -0.810.